The summed E-state index contributed by atoms with van der Waals surface area (Å²) in [7, 11) is 3.30. The Morgan fingerprint density at radius 3 is 2.78 bits per heavy atom. The van der Waals surface area contributed by atoms with Gasteiger partial charge in [0.2, 0.25) is 0 Å². The van der Waals surface area contributed by atoms with Gasteiger partial charge in [0.05, 0.1) is 39.9 Å². The molecule has 1 aromatic carbocycles. The molecule has 23 heavy (non-hydrogen) atoms. The third kappa shape index (κ3) is 1.78. The van der Waals surface area contributed by atoms with Gasteiger partial charge in [0.15, 0.2) is 0 Å². The number of nitrogens with zero attached hydrogens (tertiary/aromatic N) is 4. The van der Waals surface area contributed by atoms with Crippen molar-refractivity contribution in [3.63, 3.8) is 0 Å². The number of phenols is 1. The highest BCUT2D eigenvalue weighted by Gasteiger charge is 2.20. The van der Waals surface area contributed by atoms with Gasteiger partial charge in [0.25, 0.3) is 0 Å². The van der Waals surface area contributed by atoms with Crippen molar-refractivity contribution in [2.75, 3.05) is 0 Å². The summed E-state index contributed by atoms with van der Waals surface area (Å²) in [4.78, 5) is 18.7. The fourth-order valence-electron chi connectivity index (χ4n) is 2.80. The second-order valence-corrected chi connectivity index (χ2v) is 5.39. The molecule has 0 saturated heterocycles. The van der Waals surface area contributed by atoms with Crippen LogP contribution in [0.4, 0.5) is 4.39 Å². The van der Waals surface area contributed by atoms with Gasteiger partial charge < -0.3 is 10.1 Å². The Morgan fingerprint density at radius 1 is 1.30 bits per heavy atom. The van der Waals surface area contributed by atoms with Gasteiger partial charge in [-0.05, 0) is 0 Å². The van der Waals surface area contributed by atoms with Crippen LogP contribution in [0.2, 0.25) is 0 Å². The summed E-state index contributed by atoms with van der Waals surface area (Å²) >= 11 is 0. The zero-order chi connectivity index (χ0) is 16.3. The van der Waals surface area contributed by atoms with Crippen LogP contribution in [0.1, 0.15) is 0 Å². The average Bonchev–Trinajstić information content (AvgIpc) is 3.03. The number of halogens is 1. The number of aromatic amines is 1. The number of H-pyrrole nitrogens is 1. The minimum absolute atomic E-state index is 0.0320. The first-order valence-electron chi connectivity index (χ1n) is 6.85. The predicted molar refractivity (Wildman–Crippen MR) is 82.7 cm³/mol. The van der Waals surface area contributed by atoms with E-state index >= 15 is 0 Å². The standard InChI is InChI=1S/C15H12FN5O2/c1-20-6-7(4-18-20)11-8(16)3-9-12(14(11)22)13-10(5-17-9)21(2)15(23)19-13/h3-6,22H,1-2H3,(H,19,23). The first-order valence-corrected chi connectivity index (χ1v) is 6.85. The van der Waals surface area contributed by atoms with E-state index in [4.69, 9.17) is 0 Å². The summed E-state index contributed by atoms with van der Waals surface area (Å²) in [6.07, 6.45) is 4.54. The first-order chi connectivity index (χ1) is 11.0. The van der Waals surface area contributed by atoms with E-state index < -0.39 is 5.82 Å². The average molecular weight is 313 g/mol. The molecular weight excluding hydrogens is 301 g/mol. The number of benzene rings is 1. The van der Waals surface area contributed by atoms with Crippen molar-refractivity contribution >= 4 is 21.9 Å². The van der Waals surface area contributed by atoms with Gasteiger partial charge >= 0.3 is 5.69 Å². The van der Waals surface area contributed by atoms with Crippen molar-refractivity contribution in [3.05, 3.63) is 41.0 Å². The maximum Gasteiger partial charge on any atom is 0.326 e. The van der Waals surface area contributed by atoms with E-state index in [0.29, 0.717) is 22.0 Å². The molecule has 0 aliphatic carbocycles. The molecule has 0 aliphatic heterocycles. The van der Waals surface area contributed by atoms with Crippen LogP contribution in [0.5, 0.6) is 5.75 Å². The predicted octanol–water partition coefficient (Wildman–Crippen LogP) is 1.66. The highest BCUT2D eigenvalue weighted by Crippen LogP contribution is 2.39. The quantitative estimate of drug-likeness (QED) is 0.559. The van der Waals surface area contributed by atoms with Crippen LogP contribution in [-0.4, -0.2) is 29.4 Å². The number of fused-ring (bicyclic) bond motifs is 3. The van der Waals surface area contributed by atoms with Crippen LogP contribution >= 0.6 is 0 Å². The van der Waals surface area contributed by atoms with Crippen LogP contribution in [0.25, 0.3) is 33.1 Å². The number of nitrogens with one attached hydrogen (secondary N) is 1. The van der Waals surface area contributed by atoms with Gasteiger partial charge in [-0.25, -0.2) is 9.18 Å². The Morgan fingerprint density at radius 2 is 2.09 bits per heavy atom. The van der Waals surface area contributed by atoms with E-state index in [-0.39, 0.29) is 22.5 Å². The molecule has 4 rings (SSSR count). The van der Waals surface area contributed by atoms with Crippen molar-refractivity contribution < 1.29 is 9.50 Å². The molecule has 2 N–H and O–H groups in total. The molecule has 0 saturated carbocycles. The number of aromatic nitrogens is 5. The van der Waals surface area contributed by atoms with Crippen molar-refractivity contribution in [1.82, 2.24) is 24.3 Å². The number of rotatable bonds is 1. The molecule has 0 unspecified atom stereocenters. The number of pyridine rings is 1. The Balaban J connectivity index is 2.19. The maximum atomic E-state index is 14.4. The molecule has 0 radical (unpaired) electrons. The van der Waals surface area contributed by atoms with Crippen molar-refractivity contribution in [3.8, 4) is 16.9 Å². The van der Waals surface area contributed by atoms with E-state index in [0.717, 1.165) is 0 Å². The van der Waals surface area contributed by atoms with Crippen molar-refractivity contribution in [1.29, 1.82) is 0 Å². The summed E-state index contributed by atoms with van der Waals surface area (Å²) in [6, 6.07) is 1.24. The normalized spacial score (nSPS) is 11.6. The second-order valence-electron chi connectivity index (χ2n) is 5.39. The molecule has 0 bridgehead atoms. The van der Waals surface area contributed by atoms with E-state index in [1.165, 1.54) is 27.7 Å². The summed E-state index contributed by atoms with van der Waals surface area (Å²) in [5.41, 5.74) is 1.36. The third-order valence-electron chi connectivity index (χ3n) is 3.96. The number of aromatic hydroxyl groups is 1. The summed E-state index contributed by atoms with van der Waals surface area (Å²) in [6.45, 7) is 0. The molecule has 7 nitrogen and oxygen atoms in total. The molecule has 0 fully saturated rings. The minimum atomic E-state index is -0.604. The zero-order valence-electron chi connectivity index (χ0n) is 12.3. The van der Waals surface area contributed by atoms with Crippen LogP contribution in [0.15, 0.2) is 29.5 Å². The molecule has 0 atom stereocenters. The van der Waals surface area contributed by atoms with E-state index in [2.05, 4.69) is 15.1 Å². The fraction of sp³-hybridized carbons (Fsp3) is 0.133. The smallest absolute Gasteiger partial charge is 0.326 e. The monoisotopic (exact) mass is 313 g/mol. The van der Waals surface area contributed by atoms with Crippen LogP contribution < -0.4 is 5.69 Å². The third-order valence-corrected chi connectivity index (χ3v) is 3.96. The van der Waals surface area contributed by atoms with E-state index in [9.17, 15) is 14.3 Å². The lowest BCUT2D eigenvalue weighted by Crippen LogP contribution is -2.11. The Labute approximate surface area is 128 Å². The highest BCUT2D eigenvalue weighted by atomic mass is 19.1. The van der Waals surface area contributed by atoms with Gasteiger partial charge in [-0.1, -0.05) is 0 Å². The molecule has 3 aromatic heterocycles. The minimum Gasteiger partial charge on any atom is -0.506 e. The zero-order valence-corrected chi connectivity index (χ0v) is 12.3. The molecule has 0 amide bonds. The van der Waals surface area contributed by atoms with Crippen LogP contribution in [0, 0.1) is 5.82 Å². The number of hydrogen-bond acceptors (Lipinski definition) is 4. The summed E-state index contributed by atoms with van der Waals surface area (Å²) in [5, 5.41) is 14.9. The Kier molecular flexibility index (Phi) is 2.59. The second kappa shape index (κ2) is 4.42. The maximum absolute atomic E-state index is 14.4. The molecule has 4 aromatic rings. The van der Waals surface area contributed by atoms with Crippen LogP contribution in [-0.2, 0) is 14.1 Å². The SMILES string of the molecule is Cn1cc(-c2c(F)cc3ncc4c([nH]c(=O)n4C)c3c2O)cn1. The number of imidazole rings is 1. The highest BCUT2D eigenvalue weighted by molar-refractivity contribution is 6.08. The molecule has 116 valence electrons. The van der Waals surface area contributed by atoms with Crippen LogP contribution in [0.3, 0.4) is 0 Å². The lowest BCUT2D eigenvalue weighted by atomic mass is 10.0. The molecule has 0 aliphatic rings. The fourth-order valence-corrected chi connectivity index (χ4v) is 2.80. The van der Waals surface area contributed by atoms with Gasteiger partial charge in [-0.3, -0.25) is 14.2 Å². The van der Waals surface area contributed by atoms with Gasteiger partial charge in [-0.2, -0.15) is 5.10 Å². The Hall–Kier alpha value is -3.16. The largest absolute Gasteiger partial charge is 0.506 e. The van der Waals surface area contributed by atoms with Gasteiger partial charge in [0.1, 0.15) is 11.6 Å². The number of hydrogen-bond donors (Lipinski definition) is 2. The number of aryl methyl sites for hydroxylation is 2. The topological polar surface area (TPSA) is 88.7 Å². The van der Waals surface area contributed by atoms with Gasteiger partial charge in [0, 0.05) is 31.9 Å². The summed E-state index contributed by atoms with van der Waals surface area (Å²) in [5.74, 6) is -0.874. The molecule has 3 heterocycles. The number of phenolic OH excluding ortho intramolecular Hbond substituents is 1. The van der Waals surface area contributed by atoms with Gasteiger partial charge in [-0.15, -0.1) is 0 Å². The van der Waals surface area contributed by atoms with E-state index in [1.54, 1.807) is 20.3 Å². The summed E-state index contributed by atoms with van der Waals surface area (Å²) < 4.78 is 17.3. The molecular formula is C15H12FN5O2. The van der Waals surface area contributed by atoms with Crippen molar-refractivity contribution in [2.45, 2.75) is 0 Å². The molecule has 0 spiro atoms. The Bertz CT molecular complexity index is 1140. The molecule has 8 heteroatoms. The first kappa shape index (κ1) is 13.5. The van der Waals surface area contributed by atoms with E-state index in [1.807, 2.05) is 0 Å². The van der Waals surface area contributed by atoms with Crippen molar-refractivity contribution in [2.24, 2.45) is 14.1 Å². The lowest BCUT2D eigenvalue weighted by Gasteiger charge is -2.08. The lowest BCUT2D eigenvalue weighted by molar-refractivity contribution is 0.479.